The number of carbonyl (C=O) groups is 5. The molecule has 59 heteroatoms. The molecule has 0 aromatic rings. The number of amides is 5. The van der Waals surface area contributed by atoms with Gasteiger partial charge in [-0.25, -0.2) is 0 Å². The summed E-state index contributed by atoms with van der Waals surface area (Å²) in [5.74, 6) is -4.95. The van der Waals surface area contributed by atoms with Gasteiger partial charge in [0.15, 0.2) is 69.2 Å². The molecular weight excluding hydrogens is 1850 g/mol. The largest absolute Gasteiger partial charge is 0.394 e. The Kier molecular flexibility index (Phi) is 39.5. The first-order valence-corrected chi connectivity index (χ1v) is 43.4. The summed E-state index contributed by atoms with van der Waals surface area (Å²) < 4.78 is 129. The van der Waals surface area contributed by atoms with Crippen LogP contribution in [0.5, 0.6) is 0 Å². The van der Waals surface area contributed by atoms with Crippen molar-refractivity contribution in [3.63, 3.8) is 0 Å². The maximum Gasteiger partial charge on any atom is 0.217 e. The minimum atomic E-state index is -2.84. The smallest absolute Gasteiger partial charge is 0.217 e. The number of aliphatic hydroxyl groups excluding tert-OH is 28. The van der Waals surface area contributed by atoms with E-state index in [0.717, 1.165) is 34.6 Å². The summed E-state index contributed by atoms with van der Waals surface area (Å²) in [4.78, 5) is 65.9. The van der Waals surface area contributed by atoms with Crippen LogP contribution in [0.15, 0.2) is 0 Å². The molecule has 55 atom stereocenters. The van der Waals surface area contributed by atoms with Gasteiger partial charge in [-0.1, -0.05) is 0 Å². The van der Waals surface area contributed by atoms with E-state index in [4.69, 9.17) is 99.5 Å². The molecule has 59 nitrogen and oxygen atoms in total. The lowest BCUT2D eigenvalue weighted by Crippen LogP contribution is -2.72. The SMILES string of the molecule is CC(=O)N[C@@H]1[C@H](O[C@H]2[C@H](O[C@H]3O[C@H](CO)[C@@H](O)[C@H](O)[C@@H]3O[C@@H]3O[C@H](CO)[C@@H](O[C@@H]4O[C@H](CO)[C@H](O)[C@H](O)[C@H]4O)[C@H](O[C@@H]4O[C@@H](C)[C@@H](O)[C@@H](O)[C@@H]4O)[C@H]3NC(C)=O)[C@H](O)[C@H](O[C@H]3[C@H](O)[C@@H](NC(C)=O)[C@H](O[C@H]4[C@H](O)[C@@H](NC(C)=O)[C@H](O)O[C@@H]4CO[C@@H]4O[C@@H](C)[C@@H](O)[C@@H](O)[C@@H]4O)O[C@@H]3CO)O[C@@H]2CO[C@H]2O[C@H](CO)[C@@H](O)[C@H](O)[C@@H]2O[C@@H]2O[C@H](CO)[C@@H](O)[C@H](O)[C@H]2NC(C)=O)O[C@H](CO)[C@@H](O)[C@@H]1O. The van der Waals surface area contributed by atoms with Crippen LogP contribution in [0.3, 0.4) is 0 Å². The molecule has 33 N–H and O–H groups in total. The van der Waals surface area contributed by atoms with Gasteiger partial charge in [-0.15, -0.1) is 0 Å². The van der Waals surface area contributed by atoms with Gasteiger partial charge < -0.3 is 269 Å². The van der Waals surface area contributed by atoms with E-state index in [1.807, 2.05) is 0 Å². The topological polar surface area (TPSA) is 906 Å². The van der Waals surface area contributed by atoms with Crippen molar-refractivity contribution in [3.8, 4) is 0 Å². The average molecular weight is 1970 g/mol. The standard InChI is InChI=1S/C76H127N5O54/c1-17-38(94)49(105)54(110)71(117-17)115-15-31-59(47(103)33(66(114)119-31)77-19(3)89)128-69-36(80-22(6)92)48(104)58(29(13-87)125-69)129-74-57(113)63(61(130-67-34(78-20(4)90)45(101)40(96)24(8-82)120-67)32(127-74)16-116-75-64(52(108)43(99)27(11-85)123-75)134-68-35(79-21(5)91)46(102)41(97)25(9-83)121-68)133-76-65(53(109)44(100)28(12-86)124-76)135-70-37(81-23(7)93)62(132-72-55(111)50(106)39(95)18(2)118-72)60(30(14-88)126-70)131-73-56(112)51(107)42(98)26(10-84)122-73/h17-18,24-76,82-88,94-114H,8-16H2,1-7H3,(H,77,89)(H,78,90)(H,79,91)(H,80,92)(H,81,93)/t17-,18-,24+,25+,26+,27+,28+,29+,30+,31+,32+,33+,34-,35+,36+,37+,38+,39+,40+,41+,42-,43+,44+,45+,46+,47+,48+,49+,50+,51-,52-,53-,54-,55-,56+,57-,58+,59+,60+,61+,62+,63+,64-,65-,66+,67-,68-,69-,70-,71+,72-,73-,74-,75-,76+/m0/s1. The van der Waals surface area contributed by atoms with E-state index in [1.165, 1.54) is 13.8 Å². The fourth-order valence-electron chi connectivity index (χ4n) is 17.6. The van der Waals surface area contributed by atoms with Crippen molar-refractivity contribution < 1.29 is 266 Å². The molecule has 0 spiro atoms. The van der Waals surface area contributed by atoms with Gasteiger partial charge in [-0.2, -0.15) is 0 Å². The highest BCUT2D eigenvalue weighted by molar-refractivity contribution is 5.75. The fraction of sp³-hybridized carbons (Fsp3) is 0.934. The van der Waals surface area contributed by atoms with Gasteiger partial charge in [0.1, 0.15) is 256 Å². The number of hydrogen-bond acceptors (Lipinski definition) is 54. The normalized spacial score (nSPS) is 49.5. The van der Waals surface area contributed by atoms with Crippen LogP contribution in [-0.2, 0) is 123 Å². The Bertz CT molecular complexity index is 3750. The molecular formula is C76H127N5O54. The zero-order valence-corrected chi connectivity index (χ0v) is 73.3. The van der Waals surface area contributed by atoms with Crippen molar-refractivity contribution in [2.24, 2.45) is 0 Å². The van der Waals surface area contributed by atoms with Crippen molar-refractivity contribution in [1.82, 2.24) is 26.6 Å². The molecule has 0 radical (unpaired) electrons. The van der Waals surface area contributed by atoms with Crippen LogP contribution in [0.2, 0.25) is 0 Å². The van der Waals surface area contributed by atoms with Crippen LogP contribution >= 0.6 is 0 Å². The number of carbonyl (C=O) groups excluding carboxylic acids is 5. The third kappa shape index (κ3) is 24.7. The van der Waals surface area contributed by atoms with Crippen LogP contribution in [0, 0.1) is 0 Å². The molecule has 135 heavy (non-hydrogen) atoms. The molecule has 11 fully saturated rings. The first-order valence-electron chi connectivity index (χ1n) is 43.4. The summed E-state index contributed by atoms with van der Waals surface area (Å²) in [6.45, 7) is -3.71. The third-order valence-corrected chi connectivity index (χ3v) is 24.9. The van der Waals surface area contributed by atoms with E-state index in [0.29, 0.717) is 0 Å². The van der Waals surface area contributed by atoms with Crippen LogP contribution in [0.25, 0.3) is 0 Å². The molecule has 0 aromatic carbocycles. The third-order valence-electron chi connectivity index (χ3n) is 24.9. The number of aliphatic hydroxyl groups is 28. The number of ether oxygens (including phenoxy) is 21. The molecule has 0 bridgehead atoms. The Morgan fingerprint density at radius 1 is 0.207 bits per heavy atom. The summed E-state index contributed by atoms with van der Waals surface area (Å²) in [6, 6.07) is -10.0. The van der Waals surface area contributed by atoms with Crippen LogP contribution in [0.1, 0.15) is 48.5 Å². The first kappa shape index (κ1) is 111. The van der Waals surface area contributed by atoms with Crippen molar-refractivity contribution in [2.75, 3.05) is 59.5 Å². The molecule has 0 saturated carbocycles. The highest BCUT2D eigenvalue weighted by atomic mass is 16.8. The second kappa shape index (κ2) is 48.2. The summed E-state index contributed by atoms with van der Waals surface area (Å²) in [7, 11) is 0. The summed E-state index contributed by atoms with van der Waals surface area (Å²) in [5.41, 5.74) is 0. The van der Waals surface area contributed by atoms with Gasteiger partial charge in [0.25, 0.3) is 0 Å². The maximum absolute atomic E-state index is 13.8. The highest BCUT2D eigenvalue weighted by Gasteiger charge is 2.64. The predicted octanol–water partition coefficient (Wildman–Crippen LogP) is -22.2. The van der Waals surface area contributed by atoms with Gasteiger partial charge in [-0.3, -0.25) is 24.0 Å². The molecule has 5 amide bonds. The zero-order chi connectivity index (χ0) is 99.4. The zero-order valence-electron chi connectivity index (χ0n) is 73.3. The number of nitrogens with one attached hydrogen (secondary N) is 5. The van der Waals surface area contributed by atoms with Crippen LogP contribution < -0.4 is 26.6 Å². The van der Waals surface area contributed by atoms with Gasteiger partial charge >= 0.3 is 0 Å². The van der Waals surface area contributed by atoms with Crippen LogP contribution in [0.4, 0.5) is 0 Å². The van der Waals surface area contributed by atoms with Crippen molar-refractivity contribution in [2.45, 2.75) is 386 Å². The molecule has 780 valence electrons. The lowest BCUT2D eigenvalue weighted by molar-refractivity contribution is -0.411. The molecule has 11 rings (SSSR count). The molecule has 11 saturated heterocycles. The second-order valence-corrected chi connectivity index (χ2v) is 34.5. The minimum Gasteiger partial charge on any atom is -0.394 e. The molecule has 11 heterocycles. The predicted molar refractivity (Wildman–Crippen MR) is 417 cm³/mol. The lowest BCUT2D eigenvalue weighted by atomic mass is 9.93. The molecule has 0 aromatic heterocycles. The highest BCUT2D eigenvalue weighted by Crippen LogP contribution is 2.43. The Hall–Kier alpha value is -4.61. The first-order chi connectivity index (χ1) is 63.8. The van der Waals surface area contributed by atoms with E-state index >= 15 is 0 Å². The van der Waals surface area contributed by atoms with Crippen molar-refractivity contribution in [3.05, 3.63) is 0 Å². The monoisotopic (exact) mass is 1970 g/mol. The minimum absolute atomic E-state index is 0.873. The van der Waals surface area contributed by atoms with E-state index in [9.17, 15) is 167 Å². The van der Waals surface area contributed by atoms with Gasteiger partial charge in [0, 0.05) is 34.6 Å². The van der Waals surface area contributed by atoms with Crippen molar-refractivity contribution >= 4 is 29.5 Å². The molecule has 0 unspecified atom stereocenters. The van der Waals surface area contributed by atoms with Crippen LogP contribution in [-0.4, -0.2) is 569 Å². The lowest BCUT2D eigenvalue weighted by Gasteiger charge is -2.53. The number of hydrogen-bond donors (Lipinski definition) is 33. The van der Waals surface area contributed by atoms with E-state index in [2.05, 4.69) is 26.6 Å². The Labute approximate surface area is 765 Å². The van der Waals surface area contributed by atoms with E-state index in [1.54, 1.807) is 0 Å². The summed E-state index contributed by atoms with van der Waals surface area (Å²) >= 11 is 0. The van der Waals surface area contributed by atoms with Gasteiger partial charge in [0.2, 0.25) is 29.5 Å². The van der Waals surface area contributed by atoms with Crippen molar-refractivity contribution in [1.29, 1.82) is 0 Å². The molecule has 11 aliphatic heterocycles. The molecule has 0 aliphatic carbocycles. The number of rotatable bonds is 34. The maximum atomic E-state index is 13.8. The average Bonchev–Trinajstić information content (AvgIpc) is 0.756. The van der Waals surface area contributed by atoms with Gasteiger partial charge in [0.05, 0.1) is 71.7 Å². The fourth-order valence-corrected chi connectivity index (χ4v) is 17.6. The quantitative estimate of drug-likeness (QED) is 0.0284. The summed E-state index contributed by atoms with van der Waals surface area (Å²) in [5, 5.41) is 330. The molecule has 11 aliphatic rings. The Morgan fingerprint density at radius 3 is 0.926 bits per heavy atom. The Morgan fingerprint density at radius 2 is 0.467 bits per heavy atom. The van der Waals surface area contributed by atoms with E-state index < -0.39 is 426 Å². The Balaban J connectivity index is 1.04. The second-order valence-electron chi connectivity index (χ2n) is 34.5. The van der Waals surface area contributed by atoms with Gasteiger partial charge in [-0.05, 0) is 13.8 Å². The summed E-state index contributed by atoms with van der Waals surface area (Å²) in [6.07, 6.45) is -108. The van der Waals surface area contributed by atoms with E-state index in [-0.39, 0.29) is 0 Å².